The van der Waals surface area contributed by atoms with E-state index in [0.29, 0.717) is 34.2 Å². The summed E-state index contributed by atoms with van der Waals surface area (Å²) >= 11 is 6.01. The zero-order valence-corrected chi connectivity index (χ0v) is 19.0. The highest BCUT2D eigenvalue weighted by atomic mass is 35.5. The molecule has 2 amide bonds. The highest BCUT2D eigenvalue weighted by molar-refractivity contribution is 6.30. The third-order valence-corrected chi connectivity index (χ3v) is 5.99. The van der Waals surface area contributed by atoms with Crippen molar-refractivity contribution in [3.63, 3.8) is 0 Å². The molecule has 2 heterocycles. The second-order valence-electron chi connectivity index (χ2n) is 7.93. The van der Waals surface area contributed by atoms with Gasteiger partial charge in [-0.3, -0.25) is 4.90 Å². The number of rotatable bonds is 5. The molecule has 170 valence electrons. The van der Waals surface area contributed by atoms with E-state index in [2.05, 4.69) is 15.5 Å². The molecule has 0 aliphatic carbocycles. The third-order valence-electron chi connectivity index (χ3n) is 5.74. The average Bonchev–Trinajstić information content (AvgIpc) is 3.33. The van der Waals surface area contributed by atoms with E-state index >= 15 is 0 Å². The van der Waals surface area contributed by atoms with Crippen molar-refractivity contribution >= 4 is 23.2 Å². The van der Waals surface area contributed by atoms with Gasteiger partial charge < -0.3 is 9.84 Å². The van der Waals surface area contributed by atoms with Crippen LogP contribution in [0.15, 0.2) is 89.1 Å². The van der Waals surface area contributed by atoms with Crippen LogP contribution in [0.5, 0.6) is 0 Å². The maximum absolute atomic E-state index is 13.3. The molecule has 6 nitrogen and oxygen atoms in total. The fraction of sp³-hybridized carbons (Fsp3) is 0.115. The van der Waals surface area contributed by atoms with Gasteiger partial charge in [-0.2, -0.15) is 4.98 Å². The van der Waals surface area contributed by atoms with E-state index < -0.39 is 6.04 Å². The molecule has 0 fully saturated rings. The van der Waals surface area contributed by atoms with Gasteiger partial charge in [0.1, 0.15) is 5.82 Å². The van der Waals surface area contributed by atoms with Crippen LogP contribution in [0.25, 0.3) is 17.0 Å². The number of allylic oxidation sites excluding steroid dienone is 1. The lowest BCUT2D eigenvalue weighted by Gasteiger charge is -2.35. The second-order valence-corrected chi connectivity index (χ2v) is 8.37. The number of urea groups is 1. The molecule has 0 radical (unpaired) electrons. The molecular weight excluding hydrogens is 455 g/mol. The van der Waals surface area contributed by atoms with Crippen LogP contribution < -0.4 is 5.32 Å². The Labute approximate surface area is 200 Å². The van der Waals surface area contributed by atoms with Crippen LogP contribution in [0, 0.1) is 5.82 Å². The van der Waals surface area contributed by atoms with Crippen molar-refractivity contribution in [3.8, 4) is 11.4 Å². The first kappa shape index (κ1) is 21.9. The molecule has 0 spiro atoms. The Kier molecular flexibility index (Phi) is 5.86. The summed E-state index contributed by atoms with van der Waals surface area (Å²) in [6.45, 7) is 2.21. The lowest BCUT2D eigenvalue weighted by Crippen LogP contribution is -2.45. The molecule has 1 unspecified atom stereocenters. The van der Waals surface area contributed by atoms with Crippen molar-refractivity contribution in [3.05, 3.63) is 112 Å². The summed E-state index contributed by atoms with van der Waals surface area (Å²) in [6, 6.07) is 22.1. The molecule has 1 atom stereocenters. The minimum atomic E-state index is -0.475. The van der Waals surface area contributed by atoms with E-state index in [4.69, 9.17) is 16.1 Å². The molecule has 1 N–H and O–H groups in total. The molecule has 1 aliphatic rings. The Bertz CT molecular complexity index is 1350. The first-order valence-electron chi connectivity index (χ1n) is 10.7. The van der Waals surface area contributed by atoms with Crippen LogP contribution in [0.3, 0.4) is 0 Å². The quantitative estimate of drug-likeness (QED) is 0.372. The summed E-state index contributed by atoms with van der Waals surface area (Å²) in [5, 5.41) is 7.81. The topological polar surface area (TPSA) is 71.3 Å². The number of carbonyl (C=O) groups excluding carboxylic acids is 1. The lowest BCUT2D eigenvalue weighted by atomic mass is 9.94. The zero-order chi connectivity index (χ0) is 23.7. The van der Waals surface area contributed by atoms with Gasteiger partial charge in [0, 0.05) is 16.3 Å². The van der Waals surface area contributed by atoms with Gasteiger partial charge >= 0.3 is 6.03 Å². The molecule has 5 rings (SSSR count). The molecule has 0 saturated heterocycles. The minimum Gasteiger partial charge on any atom is -0.334 e. The van der Waals surface area contributed by atoms with E-state index in [9.17, 15) is 9.18 Å². The minimum absolute atomic E-state index is 0.233. The summed E-state index contributed by atoms with van der Waals surface area (Å²) < 4.78 is 19.0. The van der Waals surface area contributed by atoms with Crippen molar-refractivity contribution in [2.45, 2.75) is 19.5 Å². The molecular formula is C26H20ClFN4O2. The monoisotopic (exact) mass is 474 g/mol. The van der Waals surface area contributed by atoms with Crippen LogP contribution >= 0.6 is 11.6 Å². The highest BCUT2D eigenvalue weighted by Gasteiger charge is 2.35. The Hall–Kier alpha value is -3.97. The predicted molar refractivity (Wildman–Crippen MR) is 127 cm³/mol. The first-order valence-corrected chi connectivity index (χ1v) is 11.1. The molecule has 34 heavy (non-hydrogen) atoms. The molecule has 1 aliphatic heterocycles. The van der Waals surface area contributed by atoms with Crippen molar-refractivity contribution in [2.24, 2.45) is 0 Å². The number of carbonyl (C=O) groups is 1. The van der Waals surface area contributed by atoms with Gasteiger partial charge in [0.25, 0.3) is 5.89 Å². The van der Waals surface area contributed by atoms with Gasteiger partial charge in [0.05, 0.1) is 18.2 Å². The van der Waals surface area contributed by atoms with Crippen molar-refractivity contribution < 1.29 is 13.7 Å². The fourth-order valence-electron chi connectivity index (χ4n) is 3.97. The third kappa shape index (κ3) is 4.30. The highest BCUT2D eigenvalue weighted by Crippen LogP contribution is 2.37. The van der Waals surface area contributed by atoms with Crippen LogP contribution in [0.1, 0.15) is 30.0 Å². The normalized spacial score (nSPS) is 16.0. The first-order chi connectivity index (χ1) is 16.5. The number of hydrogen-bond acceptors (Lipinski definition) is 4. The van der Waals surface area contributed by atoms with E-state index in [-0.39, 0.29) is 17.7 Å². The number of hydrogen-bond donors (Lipinski definition) is 1. The summed E-state index contributed by atoms with van der Waals surface area (Å²) in [7, 11) is 0. The number of nitrogens with one attached hydrogen (secondary N) is 1. The van der Waals surface area contributed by atoms with Crippen molar-refractivity contribution in [1.82, 2.24) is 20.4 Å². The maximum Gasteiger partial charge on any atom is 0.322 e. The van der Waals surface area contributed by atoms with Gasteiger partial charge in [-0.05, 0) is 54.4 Å². The number of halogens is 2. The second kappa shape index (κ2) is 9.11. The summed E-state index contributed by atoms with van der Waals surface area (Å²) in [4.78, 5) is 19.4. The average molecular weight is 475 g/mol. The van der Waals surface area contributed by atoms with Crippen LogP contribution in [-0.2, 0) is 6.54 Å². The van der Waals surface area contributed by atoms with Crippen LogP contribution in [0.4, 0.5) is 9.18 Å². The SMILES string of the molecule is CC1=C(c2nc(-c3ccc(F)cc3)no2)C(c2ccccc2)NC(=O)N1Cc1ccc(Cl)cc1. The smallest absolute Gasteiger partial charge is 0.322 e. The molecule has 4 aromatic rings. The van der Waals surface area contributed by atoms with Gasteiger partial charge in [-0.15, -0.1) is 0 Å². The van der Waals surface area contributed by atoms with E-state index in [1.54, 1.807) is 29.2 Å². The molecule has 8 heteroatoms. The van der Waals surface area contributed by atoms with Crippen molar-refractivity contribution in [2.75, 3.05) is 0 Å². The largest absolute Gasteiger partial charge is 0.334 e. The number of aromatic nitrogens is 2. The summed E-state index contributed by atoms with van der Waals surface area (Å²) in [5.41, 5.74) is 3.83. The van der Waals surface area contributed by atoms with E-state index in [1.807, 2.05) is 49.4 Å². The fourth-order valence-corrected chi connectivity index (χ4v) is 4.09. The van der Waals surface area contributed by atoms with Gasteiger partial charge in [0.2, 0.25) is 5.82 Å². The van der Waals surface area contributed by atoms with Crippen LogP contribution in [0.2, 0.25) is 5.02 Å². The Morgan fingerprint density at radius 1 is 1.03 bits per heavy atom. The Morgan fingerprint density at radius 3 is 2.44 bits per heavy atom. The van der Waals surface area contributed by atoms with E-state index in [0.717, 1.165) is 11.1 Å². The molecule has 3 aromatic carbocycles. The molecule has 1 aromatic heterocycles. The standard InChI is InChI=1S/C26H20ClFN4O2/c1-16-22(25-30-24(31-34-25)19-9-13-21(28)14-10-19)23(18-5-3-2-4-6-18)29-26(33)32(16)15-17-7-11-20(27)12-8-17/h2-14,23H,15H2,1H3,(H,29,33). The summed E-state index contributed by atoms with van der Waals surface area (Å²) in [5.74, 6) is 0.276. The van der Waals surface area contributed by atoms with Gasteiger partial charge in [-0.1, -0.05) is 59.2 Å². The Balaban J connectivity index is 1.58. The Morgan fingerprint density at radius 2 is 1.74 bits per heavy atom. The molecule has 0 saturated carbocycles. The predicted octanol–water partition coefficient (Wildman–Crippen LogP) is 6.23. The van der Waals surface area contributed by atoms with E-state index in [1.165, 1.54) is 12.1 Å². The maximum atomic E-state index is 13.3. The lowest BCUT2D eigenvalue weighted by molar-refractivity contribution is 0.203. The number of nitrogens with zero attached hydrogens (tertiary/aromatic N) is 3. The van der Waals surface area contributed by atoms with Gasteiger partial charge in [-0.25, -0.2) is 9.18 Å². The van der Waals surface area contributed by atoms with Crippen molar-refractivity contribution in [1.29, 1.82) is 0 Å². The zero-order valence-electron chi connectivity index (χ0n) is 18.2. The van der Waals surface area contributed by atoms with Crippen LogP contribution in [-0.4, -0.2) is 21.1 Å². The number of amides is 2. The summed E-state index contributed by atoms with van der Waals surface area (Å²) in [6.07, 6.45) is 0. The number of benzene rings is 3. The van der Waals surface area contributed by atoms with Gasteiger partial charge in [0.15, 0.2) is 0 Å². The molecule has 0 bridgehead atoms.